The van der Waals surface area contributed by atoms with Crippen molar-refractivity contribution in [2.45, 2.75) is 24.9 Å². The Morgan fingerprint density at radius 3 is 2.95 bits per heavy atom. The maximum absolute atomic E-state index is 6.00. The fourth-order valence-electron chi connectivity index (χ4n) is 3.45. The van der Waals surface area contributed by atoms with E-state index < -0.39 is 0 Å². The molecule has 1 heterocycles. The van der Waals surface area contributed by atoms with Crippen LogP contribution in [0.5, 0.6) is 0 Å². The average Bonchev–Trinajstić information content (AvgIpc) is 3.01. The molecule has 0 amide bonds. The molecule has 1 aliphatic heterocycles. The Morgan fingerprint density at radius 1 is 1.20 bits per heavy atom. The normalized spacial score (nSPS) is 26.9. The molecule has 0 spiro atoms. The van der Waals surface area contributed by atoms with Crippen LogP contribution in [-0.2, 0) is 0 Å². The minimum absolute atomic E-state index is 0.0797. The Balaban J connectivity index is 1.87. The quantitative estimate of drug-likeness (QED) is 0.815. The van der Waals surface area contributed by atoms with Crippen molar-refractivity contribution in [3.8, 4) is 0 Å². The topological polar surface area (TPSA) is 38.0 Å². The minimum atomic E-state index is -0.0797. The average molecular weight is 262 g/mol. The van der Waals surface area contributed by atoms with E-state index in [9.17, 15) is 0 Å². The molecule has 0 radical (unpaired) electrons. The van der Waals surface area contributed by atoms with Crippen molar-refractivity contribution in [1.82, 2.24) is 5.32 Å². The van der Waals surface area contributed by atoms with Crippen molar-refractivity contribution in [1.29, 1.82) is 0 Å². The second kappa shape index (κ2) is 4.50. The van der Waals surface area contributed by atoms with E-state index in [2.05, 4.69) is 60.1 Å². The van der Waals surface area contributed by atoms with Gasteiger partial charge in [0.05, 0.1) is 6.17 Å². The third kappa shape index (κ3) is 1.76. The van der Waals surface area contributed by atoms with Crippen molar-refractivity contribution in [3.05, 3.63) is 77.0 Å². The molecule has 3 aliphatic rings. The number of benzene rings is 1. The van der Waals surface area contributed by atoms with Gasteiger partial charge in [-0.1, -0.05) is 42.5 Å². The molecule has 0 bridgehead atoms. The van der Waals surface area contributed by atoms with Crippen LogP contribution in [-0.4, -0.2) is 6.17 Å². The lowest BCUT2D eigenvalue weighted by Crippen LogP contribution is -2.35. The summed E-state index contributed by atoms with van der Waals surface area (Å²) in [6.07, 6.45) is 13.1. The fraction of sp³-hybridized carbons (Fsp3) is 0.222. The van der Waals surface area contributed by atoms with Crippen molar-refractivity contribution >= 4 is 5.57 Å². The van der Waals surface area contributed by atoms with E-state index in [4.69, 9.17) is 5.73 Å². The van der Waals surface area contributed by atoms with E-state index in [1.807, 2.05) is 0 Å². The van der Waals surface area contributed by atoms with E-state index in [0.717, 1.165) is 12.8 Å². The number of rotatable bonds is 1. The van der Waals surface area contributed by atoms with Crippen LogP contribution in [0.4, 0.5) is 0 Å². The number of allylic oxidation sites excluding steroid dienone is 6. The first-order valence-corrected chi connectivity index (χ1v) is 7.22. The van der Waals surface area contributed by atoms with Gasteiger partial charge < -0.3 is 11.1 Å². The van der Waals surface area contributed by atoms with E-state index in [1.165, 1.54) is 27.8 Å². The van der Waals surface area contributed by atoms with Crippen LogP contribution in [0.15, 0.2) is 65.9 Å². The van der Waals surface area contributed by atoms with Gasteiger partial charge in [0.15, 0.2) is 0 Å². The Bertz CT molecular complexity index is 676. The summed E-state index contributed by atoms with van der Waals surface area (Å²) in [5.41, 5.74) is 12.9. The Hall–Kier alpha value is -2.06. The second-order valence-electron chi connectivity index (χ2n) is 5.63. The molecule has 0 saturated heterocycles. The first-order valence-electron chi connectivity index (χ1n) is 7.22. The maximum Gasteiger partial charge on any atom is 0.0940 e. The van der Waals surface area contributed by atoms with Crippen molar-refractivity contribution < 1.29 is 0 Å². The van der Waals surface area contributed by atoms with Gasteiger partial charge >= 0.3 is 0 Å². The van der Waals surface area contributed by atoms with Crippen LogP contribution in [0.3, 0.4) is 0 Å². The van der Waals surface area contributed by atoms with E-state index in [1.54, 1.807) is 0 Å². The number of hydrogen-bond donors (Lipinski definition) is 2. The number of dihydropyridines is 1. The summed E-state index contributed by atoms with van der Waals surface area (Å²) in [5, 5.41) is 3.22. The SMILES string of the molecule is NC1C=C2C(=CN1)CC(C1=CCC=C1)c1ccccc12. The molecular weight excluding hydrogens is 244 g/mol. The Morgan fingerprint density at radius 2 is 2.10 bits per heavy atom. The summed E-state index contributed by atoms with van der Waals surface area (Å²) >= 11 is 0. The van der Waals surface area contributed by atoms with Gasteiger partial charge in [0.25, 0.3) is 0 Å². The summed E-state index contributed by atoms with van der Waals surface area (Å²) < 4.78 is 0. The molecule has 2 unspecified atom stereocenters. The highest BCUT2D eigenvalue weighted by molar-refractivity contribution is 5.85. The van der Waals surface area contributed by atoms with Crippen LogP contribution in [0.25, 0.3) is 5.57 Å². The molecule has 100 valence electrons. The maximum atomic E-state index is 6.00. The predicted molar refractivity (Wildman–Crippen MR) is 82.8 cm³/mol. The highest BCUT2D eigenvalue weighted by atomic mass is 15.0. The number of hydrogen-bond acceptors (Lipinski definition) is 2. The first-order chi connectivity index (χ1) is 9.83. The standard InChI is InChI=1S/C18H18N2/c19-18-10-17-13(11-20-18)9-16(12-5-1-2-6-12)14-7-3-4-8-15(14)17/h1,3-8,10-11,16,18,20H,2,9,19H2. The molecule has 2 heteroatoms. The molecule has 1 aromatic carbocycles. The molecule has 2 atom stereocenters. The van der Waals surface area contributed by atoms with Crippen molar-refractivity contribution in [2.24, 2.45) is 5.73 Å². The van der Waals surface area contributed by atoms with Gasteiger partial charge in [0.2, 0.25) is 0 Å². The molecule has 2 nitrogen and oxygen atoms in total. The lowest BCUT2D eigenvalue weighted by atomic mass is 9.73. The van der Waals surface area contributed by atoms with Crippen LogP contribution in [0.2, 0.25) is 0 Å². The lowest BCUT2D eigenvalue weighted by Gasteiger charge is -2.33. The summed E-state index contributed by atoms with van der Waals surface area (Å²) in [5.74, 6) is 0.476. The second-order valence-corrected chi connectivity index (χ2v) is 5.63. The van der Waals surface area contributed by atoms with Crippen LogP contribution >= 0.6 is 0 Å². The van der Waals surface area contributed by atoms with E-state index >= 15 is 0 Å². The number of nitrogens with one attached hydrogen (secondary N) is 1. The molecule has 0 saturated carbocycles. The zero-order chi connectivity index (χ0) is 13.5. The summed E-state index contributed by atoms with van der Waals surface area (Å²) in [4.78, 5) is 0. The molecule has 0 aromatic heterocycles. The zero-order valence-electron chi connectivity index (χ0n) is 11.3. The summed E-state index contributed by atoms with van der Waals surface area (Å²) in [7, 11) is 0. The van der Waals surface area contributed by atoms with Gasteiger partial charge in [-0.3, -0.25) is 0 Å². The monoisotopic (exact) mass is 262 g/mol. The van der Waals surface area contributed by atoms with Gasteiger partial charge in [0, 0.05) is 12.1 Å². The predicted octanol–water partition coefficient (Wildman–Crippen LogP) is 3.22. The van der Waals surface area contributed by atoms with Crippen molar-refractivity contribution in [3.63, 3.8) is 0 Å². The first kappa shape index (κ1) is 11.7. The van der Waals surface area contributed by atoms with E-state index in [-0.39, 0.29) is 6.17 Å². The van der Waals surface area contributed by atoms with E-state index in [0.29, 0.717) is 5.92 Å². The third-order valence-electron chi connectivity index (χ3n) is 4.39. The lowest BCUT2D eigenvalue weighted by molar-refractivity contribution is 0.699. The third-order valence-corrected chi connectivity index (χ3v) is 4.39. The molecule has 20 heavy (non-hydrogen) atoms. The Labute approximate surface area is 119 Å². The van der Waals surface area contributed by atoms with Gasteiger partial charge in [-0.2, -0.15) is 0 Å². The highest BCUT2D eigenvalue weighted by Crippen LogP contribution is 2.46. The van der Waals surface area contributed by atoms with Crippen LogP contribution in [0.1, 0.15) is 29.9 Å². The fourth-order valence-corrected chi connectivity index (χ4v) is 3.45. The Kier molecular flexibility index (Phi) is 2.64. The minimum Gasteiger partial charge on any atom is -0.372 e. The largest absolute Gasteiger partial charge is 0.372 e. The van der Waals surface area contributed by atoms with Crippen molar-refractivity contribution in [2.75, 3.05) is 0 Å². The van der Waals surface area contributed by atoms with Gasteiger partial charge in [-0.15, -0.1) is 0 Å². The van der Waals surface area contributed by atoms with Gasteiger partial charge in [0.1, 0.15) is 0 Å². The summed E-state index contributed by atoms with van der Waals surface area (Å²) in [6, 6.07) is 8.74. The number of nitrogens with two attached hydrogens (primary N) is 1. The summed E-state index contributed by atoms with van der Waals surface area (Å²) in [6.45, 7) is 0. The molecule has 3 N–H and O–H groups in total. The molecule has 4 rings (SSSR count). The van der Waals surface area contributed by atoms with Gasteiger partial charge in [-0.05, 0) is 46.8 Å². The molecular formula is C18H18N2. The highest BCUT2D eigenvalue weighted by Gasteiger charge is 2.30. The smallest absolute Gasteiger partial charge is 0.0940 e. The van der Waals surface area contributed by atoms with Crippen LogP contribution < -0.4 is 11.1 Å². The van der Waals surface area contributed by atoms with Gasteiger partial charge in [-0.25, -0.2) is 0 Å². The molecule has 2 aliphatic carbocycles. The molecule has 1 aromatic rings. The number of fused-ring (bicyclic) bond motifs is 3. The van der Waals surface area contributed by atoms with Crippen LogP contribution in [0, 0.1) is 0 Å². The zero-order valence-corrected chi connectivity index (χ0v) is 11.3. The molecule has 0 fully saturated rings.